The average Bonchev–Trinajstić information content (AvgIpc) is 2.38. The zero-order valence-electron chi connectivity index (χ0n) is 10.8. The Morgan fingerprint density at radius 2 is 2.18 bits per heavy atom. The van der Waals surface area contributed by atoms with Gasteiger partial charge in [0, 0.05) is 6.04 Å². The molecule has 0 spiro atoms. The smallest absolute Gasteiger partial charge is 0.0681 e. The van der Waals surface area contributed by atoms with Gasteiger partial charge >= 0.3 is 0 Å². The quantitative estimate of drug-likeness (QED) is 0.699. The lowest BCUT2D eigenvalue weighted by molar-refractivity contribution is 0.281. The minimum Gasteiger partial charge on any atom is -0.392 e. The normalized spacial score (nSPS) is 12.6. The molecular weight excluding hydrogens is 230 g/mol. The SMILES string of the molecule is CSCCCCNC(C)c1cccc(CO)c1. The van der Waals surface area contributed by atoms with E-state index in [1.165, 1.54) is 24.2 Å². The van der Waals surface area contributed by atoms with Crippen molar-refractivity contribution in [1.82, 2.24) is 5.32 Å². The molecule has 0 bridgehead atoms. The third-order valence-electron chi connectivity index (χ3n) is 2.86. The Morgan fingerprint density at radius 3 is 2.88 bits per heavy atom. The van der Waals surface area contributed by atoms with Crippen molar-refractivity contribution in [2.75, 3.05) is 18.6 Å². The number of thioether (sulfide) groups is 1. The van der Waals surface area contributed by atoms with Crippen molar-refractivity contribution in [3.05, 3.63) is 35.4 Å². The fraction of sp³-hybridized carbons (Fsp3) is 0.571. The van der Waals surface area contributed by atoms with Crippen molar-refractivity contribution in [2.45, 2.75) is 32.4 Å². The van der Waals surface area contributed by atoms with Gasteiger partial charge < -0.3 is 10.4 Å². The molecule has 0 aliphatic carbocycles. The number of aliphatic hydroxyl groups is 1. The lowest BCUT2D eigenvalue weighted by Crippen LogP contribution is -2.20. The highest BCUT2D eigenvalue weighted by Crippen LogP contribution is 2.14. The number of nitrogens with one attached hydrogen (secondary N) is 1. The molecular formula is C14H23NOS. The largest absolute Gasteiger partial charge is 0.392 e. The van der Waals surface area contributed by atoms with E-state index in [-0.39, 0.29) is 6.61 Å². The Labute approximate surface area is 109 Å². The molecule has 0 saturated carbocycles. The van der Waals surface area contributed by atoms with Gasteiger partial charge in [-0.15, -0.1) is 0 Å². The molecule has 2 nitrogen and oxygen atoms in total. The van der Waals surface area contributed by atoms with E-state index < -0.39 is 0 Å². The van der Waals surface area contributed by atoms with Gasteiger partial charge in [0.15, 0.2) is 0 Å². The van der Waals surface area contributed by atoms with E-state index in [1.54, 1.807) is 0 Å². The molecule has 1 aromatic carbocycles. The highest BCUT2D eigenvalue weighted by atomic mass is 32.2. The van der Waals surface area contributed by atoms with Crippen LogP contribution in [0.2, 0.25) is 0 Å². The number of benzene rings is 1. The van der Waals surface area contributed by atoms with Crippen molar-refractivity contribution in [3.63, 3.8) is 0 Å². The monoisotopic (exact) mass is 253 g/mol. The first-order chi connectivity index (χ1) is 8.27. The molecule has 0 saturated heterocycles. The van der Waals surface area contributed by atoms with Crippen LogP contribution >= 0.6 is 11.8 Å². The summed E-state index contributed by atoms with van der Waals surface area (Å²) in [6, 6.07) is 8.50. The third kappa shape index (κ3) is 5.57. The van der Waals surface area contributed by atoms with Crippen LogP contribution in [0.3, 0.4) is 0 Å². The zero-order valence-corrected chi connectivity index (χ0v) is 11.6. The Bertz CT molecular complexity index is 317. The van der Waals surface area contributed by atoms with Crippen LogP contribution in [-0.4, -0.2) is 23.7 Å². The number of unbranched alkanes of at least 4 members (excludes halogenated alkanes) is 1. The van der Waals surface area contributed by atoms with E-state index >= 15 is 0 Å². The first-order valence-corrected chi connectivity index (χ1v) is 7.59. The van der Waals surface area contributed by atoms with Crippen LogP contribution in [0, 0.1) is 0 Å². The van der Waals surface area contributed by atoms with Crippen LogP contribution in [0.4, 0.5) is 0 Å². The van der Waals surface area contributed by atoms with E-state index in [1.807, 2.05) is 23.9 Å². The zero-order chi connectivity index (χ0) is 12.5. The van der Waals surface area contributed by atoms with Crippen LogP contribution < -0.4 is 5.32 Å². The molecule has 3 heteroatoms. The van der Waals surface area contributed by atoms with Gasteiger partial charge in [-0.3, -0.25) is 0 Å². The second kappa shape index (κ2) is 8.56. The van der Waals surface area contributed by atoms with Crippen molar-refractivity contribution >= 4 is 11.8 Å². The molecule has 0 radical (unpaired) electrons. The molecule has 1 rings (SSSR count). The summed E-state index contributed by atoms with van der Waals surface area (Å²) in [4.78, 5) is 0. The van der Waals surface area contributed by atoms with Gasteiger partial charge in [-0.05, 0) is 49.4 Å². The first kappa shape index (κ1) is 14.6. The van der Waals surface area contributed by atoms with E-state index in [2.05, 4.69) is 30.6 Å². The molecule has 0 heterocycles. The van der Waals surface area contributed by atoms with Crippen molar-refractivity contribution in [2.24, 2.45) is 0 Å². The summed E-state index contributed by atoms with van der Waals surface area (Å²) in [6.45, 7) is 3.35. The van der Waals surface area contributed by atoms with Crippen LogP contribution in [-0.2, 0) is 6.61 Å². The topological polar surface area (TPSA) is 32.3 Å². The lowest BCUT2D eigenvalue weighted by atomic mass is 10.1. The second-order valence-corrected chi connectivity index (χ2v) is 5.26. The fourth-order valence-electron chi connectivity index (χ4n) is 1.77. The first-order valence-electron chi connectivity index (χ1n) is 6.20. The second-order valence-electron chi connectivity index (χ2n) is 4.28. The summed E-state index contributed by atoms with van der Waals surface area (Å²) < 4.78 is 0. The molecule has 96 valence electrons. The van der Waals surface area contributed by atoms with Gasteiger partial charge in [0.1, 0.15) is 0 Å². The minimum atomic E-state index is 0.119. The Hall–Kier alpha value is -0.510. The van der Waals surface area contributed by atoms with Crippen LogP contribution in [0.5, 0.6) is 0 Å². The molecule has 0 amide bonds. The summed E-state index contributed by atoms with van der Waals surface area (Å²) in [5.74, 6) is 1.25. The molecule has 0 aromatic heterocycles. The van der Waals surface area contributed by atoms with Gasteiger partial charge in [-0.25, -0.2) is 0 Å². The van der Waals surface area contributed by atoms with Gasteiger partial charge in [0.25, 0.3) is 0 Å². The van der Waals surface area contributed by atoms with Gasteiger partial charge in [-0.1, -0.05) is 24.3 Å². The maximum atomic E-state index is 9.09. The number of rotatable bonds is 8. The molecule has 17 heavy (non-hydrogen) atoms. The fourth-order valence-corrected chi connectivity index (χ4v) is 2.26. The Kier molecular flexibility index (Phi) is 7.33. The minimum absolute atomic E-state index is 0.119. The maximum Gasteiger partial charge on any atom is 0.0681 e. The molecule has 0 fully saturated rings. The van der Waals surface area contributed by atoms with Crippen LogP contribution in [0.15, 0.2) is 24.3 Å². The summed E-state index contributed by atoms with van der Waals surface area (Å²) in [6.07, 6.45) is 4.65. The number of aliphatic hydroxyl groups excluding tert-OH is 1. The number of hydrogen-bond acceptors (Lipinski definition) is 3. The molecule has 2 N–H and O–H groups in total. The highest BCUT2D eigenvalue weighted by molar-refractivity contribution is 7.98. The Balaban J connectivity index is 2.33. The van der Waals surface area contributed by atoms with E-state index in [4.69, 9.17) is 5.11 Å². The van der Waals surface area contributed by atoms with Crippen LogP contribution in [0.25, 0.3) is 0 Å². The molecule has 0 aliphatic heterocycles. The van der Waals surface area contributed by atoms with E-state index in [9.17, 15) is 0 Å². The van der Waals surface area contributed by atoms with Gasteiger partial charge in [0.05, 0.1) is 6.61 Å². The van der Waals surface area contributed by atoms with E-state index in [0.717, 1.165) is 12.1 Å². The molecule has 1 aromatic rings. The van der Waals surface area contributed by atoms with Crippen molar-refractivity contribution < 1.29 is 5.11 Å². The van der Waals surface area contributed by atoms with Crippen molar-refractivity contribution in [3.8, 4) is 0 Å². The third-order valence-corrected chi connectivity index (χ3v) is 3.56. The molecule has 0 aliphatic rings. The summed E-state index contributed by atoms with van der Waals surface area (Å²) in [5.41, 5.74) is 2.24. The number of hydrogen-bond donors (Lipinski definition) is 2. The summed E-state index contributed by atoms with van der Waals surface area (Å²) >= 11 is 1.91. The van der Waals surface area contributed by atoms with Gasteiger partial charge in [0.2, 0.25) is 0 Å². The average molecular weight is 253 g/mol. The van der Waals surface area contributed by atoms with Crippen molar-refractivity contribution in [1.29, 1.82) is 0 Å². The van der Waals surface area contributed by atoms with E-state index in [0.29, 0.717) is 6.04 Å². The Morgan fingerprint density at radius 1 is 1.35 bits per heavy atom. The summed E-state index contributed by atoms with van der Waals surface area (Å²) in [7, 11) is 0. The predicted octanol–water partition coefficient (Wildman–Crippen LogP) is 2.97. The standard InChI is InChI=1S/C14H23NOS/c1-12(15-8-3-4-9-17-2)14-7-5-6-13(10-14)11-16/h5-7,10,12,15-16H,3-4,8-9,11H2,1-2H3. The van der Waals surface area contributed by atoms with Crippen LogP contribution in [0.1, 0.15) is 36.9 Å². The molecule has 1 atom stereocenters. The summed E-state index contributed by atoms with van der Waals surface area (Å²) in [5, 5.41) is 12.6. The maximum absolute atomic E-state index is 9.09. The van der Waals surface area contributed by atoms with Gasteiger partial charge in [-0.2, -0.15) is 11.8 Å². The highest BCUT2D eigenvalue weighted by Gasteiger charge is 2.04. The molecule has 1 unspecified atom stereocenters. The predicted molar refractivity (Wildman–Crippen MR) is 76.4 cm³/mol. The lowest BCUT2D eigenvalue weighted by Gasteiger charge is -2.14.